The van der Waals surface area contributed by atoms with E-state index in [4.69, 9.17) is 0 Å². The lowest BCUT2D eigenvalue weighted by Crippen LogP contribution is -2.36. The van der Waals surface area contributed by atoms with Crippen LogP contribution >= 0.6 is 11.3 Å². The van der Waals surface area contributed by atoms with E-state index in [2.05, 4.69) is 24.0 Å². The Hall–Kier alpha value is -0.930. The van der Waals surface area contributed by atoms with Gasteiger partial charge >= 0.3 is 0 Å². The SMILES string of the molecule is CCCN1CCC(=O)/C(=C/c2cccs2)C1. The molecule has 0 aromatic carbocycles. The molecule has 0 saturated carbocycles. The summed E-state index contributed by atoms with van der Waals surface area (Å²) in [5.74, 6) is 0.320. The zero-order valence-corrected chi connectivity index (χ0v) is 10.4. The van der Waals surface area contributed by atoms with Crippen molar-refractivity contribution in [3.63, 3.8) is 0 Å². The molecule has 86 valence electrons. The molecule has 0 spiro atoms. The van der Waals surface area contributed by atoms with E-state index in [1.807, 2.05) is 11.4 Å². The molecule has 16 heavy (non-hydrogen) atoms. The number of rotatable bonds is 3. The van der Waals surface area contributed by atoms with Crippen LogP contribution < -0.4 is 0 Å². The first kappa shape index (κ1) is 11.6. The van der Waals surface area contributed by atoms with Crippen molar-refractivity contribution < 1.29 is 4.79 Å². The topological polar surface area (TPSA) is 20.3 Å². The maximum absolute atomic E-state index is 11.8. The fraction of sp³-hybridized carbons (Fsp3) is 0.462. The molecule has 0 atom stereocenters. The van der Waals surface area contributed by atoms with Crippen LogP contribution in [0.1, 0.15) is 24.6 Å². The van der Waals surface area contributed by atoms with Gasteiger partial charge in [-0.15, -0.1) is 11.3 Å². The highest BCUT2D eigenvalue weighted by atomic mass is 32.1. The number of hydrogen-bond donors (Lipinski definition) is 0. The molecule has 0 bridgehead atoms. The van der Waals surface area contributed by atoms with E-state index in [9.17, 15) is 4.79 Å². The summed E-state index contributed by atoms with van der Waals surface area (Å²) in [6.07, 6.45) is 3.88. The molecule has 1 fully saturated rings. The van der Waals surface area contributed by atoms with Crippen molar-refractivity contribution in [2.24, 2.45) is 0 Å². The number of nitrogens with zero attached hydrogens (tertiary/aromatic N) is 1. The van der Waals surface area contributed by atoms with E-state index >= 15 is 0 Å². The molecule has 2 heterocycles. The average Bonchev–Trinajstić information content (AvgIpc) is 2.76. The molecule has 0 amide bonds. The van der Waals surface area contributed by atoms with Gasteiger partial charge in [0.2, 0.25) is 0 Å². The van der Waals surface area contributed by atoms with Crippen LogP contribution in [-0.4, -0.2) is 30.3 Å². The molecule has 2 rings (SSSR count). The molecular formula is C13H17NOS. The smallest absolute Gasteiger partial charge is 0.161 e. The second kappa shape index (κ2) is 5.41. The molecule has 1 aromatic rings. The van der Waals surface area contributed by atoms with Crippen LogP contribution in [0.4, 0.5) is 0 Å². The van der Waals surface area contributed by atoms with E-state index in [0.717, 1.165) is 31.6 Å². The van der Waals surface area contributed by atoms with E-state index in [-0.39, 0.29) is 0 Å². The third-order valence-corrected chi connectivity index (χ3v) is 3.63. The van der Waals surface area contributed by atoms with E-state index in [0.29, 0.717) is 12.2 Å². The highest BCUT2D eigenvalue weighted by molar-refractivity contribution is 7.10. The third-order valence-electron chi connectivity index (χ3n) is 2.81. The Kier molecular flexibility index (Phi) is 3.91. The minimum Gasteiger partial charge on any atom is -0.299 e. The second-order valence-electron chi connectivity index (χ2n) is 4.13. The van der Waals surface area contributed by atoms with Crippen LogP contribution in [0.2, 0.25) is 0 Å². The lowest BCUT2D eigenvalue weighted by molar-refractivity contribution is -0.117. The quantitative estimate of drug-likeness (QED) is 0.751. The van der Waals surface area contributed by atoms with Crippen molar-refractivity contribution in [2.75, 3.05) is 19.6 Å². The van der Waals surface area contributed by atoms with Crippen molar-refractivity contribution >= 4 is 23.2 Å². The average molecular weight is 235 g/mol. The van der Waals surface area contributed by atoms with Crippen molar-refractivity contribution in [3.05, 3.63) is 28.0 Å². The number of Topliss-reactive ketones (excluding diaryl/α,β-unsaturated/α-hetero) is 1. The minimum absolute atomic E-state index is 0.320. The summed E-state index contributed by atoms with van der Waals surface area (Å²) in [4.78, 5) is 15.3. The fourth-order valence-corrected chi connectivity index (χ4v) is 2.69. The molecule has 1 aliphatic heterocycles. The number of ketones is 1. The van der Waals surface area contributed by atoms with Gasteiger partial charge in [-0.1, -0.05) is 13.0 Å². The standard InChI is InChI=1S/C13H17NOS/c1-2-6-14-7-5-13(15)11(10-14)9-12-4-3-8-16-12/h3-4,8-9H,2,5-7,10H2,1H3/b11-9+. The summed E-state index contributed by atoms with van der Waals surface area (Å²) in [6.45, 7) is 5.02. The van der Waals surface area contributed by atoms with Crippen molar-refractivity contribution in [2.45, 2.75) is 19.8 Å². The molecule has 3 heteroatoms. The summed E-state index contributed by atoms with van der Waals surface area (Å²) in [5, 5.41) is 2.05. The molecule has 2 nitrogen and oxygen atoms in total. The maximum atomic E-state index is 11.8. The van der Waals surface area contributed by atoms with Crippen LogP contribution in [0.25, 0.3) is 6.08 Å². The molecule has 1 aliphatic rings. The molecule has 0 unspecified atom stereocenters. The lowest BCUT2D eigenvalue weighted by atomic mass is 10.0. The molecular weight excluding hydrogens is 218 g/mol. The van der Waals surface area contributed by atoms with Gasteiger partial charge in [0, 0.05) is 30.0 Å². The predicted molar refractivity (Wildman–Crippen MR) is 68.7 cm³/mol. The Bertz CT molecular complexity index is 381. The largest absolute Gasteiger partial charge is 0.299 e. The molecule has 0 N–H and O–H groups in total. The number of likely N-dealkylation sites (tertiary alicyclic amines) is 1. The van der Waals surface area contributed by atoms with Crippen LogP contribution in [0.5, 0.6) is 0 Å². The Morgan fingerprint density at radius 1 is 1.56 bits per heavy atom. The first-order chi connectivity index (χ1) is 7.79. The van der Waals surface area contributed by atoms with E-state index < -0.39 is 0 Å². The van der Waals surface area contributed by atoms with Gasteiger partial charge in [0.05, 0.1) is 0 Å². The van der Waals surface area contributed by atoms with Gasteiger partial charge in [-0.05, 0) is 30.5 Å². The summed E-state index contributed by atoms with van der Waals surface area (Å²) < 4.78 is 0. The first-order valence-electron chi connectivity index (χ1n) is 5.79. The monoisotopic (exact) mass is 235 g/mol. The lowest BCUT2D eigenvalue weighted by Gasteiger charge is -2.27. The minimum atomic E-state index is 0.320. The van der Waals surface area contributed by atoms with Crippen molar-refractivity contribution in [3.8, 4) is 0 Å². The van der Waals surface area contributed by atoms with Crippen LogP contribution in [0.3, 0.4) is 0 Å². The van der Waals surface area contributed by atoms with Gasteiger partial charge in [-0.2, -0.15) is 0 Å². The number of piperidine rings is 1. The summed E-state index contributed by atoms with van der Waals surface area (Å²) >= 11 is 1.69. The highest BCUT2D eigenvalue weighted by Crippen LogP contribution is 2.18. The Morgan fingerprint density at radius 2 is 2.44 bits per heavy atom. The molecule has 1 aromatic heterocycles. The van der Waals surface area contributed by atoms with E-state index in [1.165, 1.54) is 4.88 Å². The van der Waals surface area contributed by atoms with Crippen molar-refractivity contribution in [1.82, 2.24) is 4.90 Å². The Morgan fingerprint density at radius 3 is 3.12 bits per heavy atom. The number of thiophene rings is 1. The maximum Gasteiger partial charge on any atom is 0.161 e. The van der Waals surface area contributed by atoms with Crippen LogP contribution in [-0.2, 0) is 4.79 Å². The van der Waals surface area contributed by atoms with Gasteiger partial charge in [-0.25, -0.2) is 0 Å². The van der Waals surface area contributed by atoms with Gasteiger partial charge in [0.25, 0.3) is 0 Å². The third kappa shape index (κ3) is 2.80. The Labute approximate surface area is 101 Å². The number of carbonyl (C=O) groups excluding carboxylic acids is 1. The molecule has 1 saturated heterocycles. The van der Waals surface area contributed by atoms with Gasteiger partial charge < -0.3 is 0 Å². The highest BCUT2D eigenvalue weighted by Gasteiger charge is 2.20. The first-order valence-corrected chi connectivity index (χ1v) is 6.67. The van der Waals surface area contributed by atoms with Gasteiger partial charge in [0.15, 0.2) is 5.78 Å². The Balaban J connectivity index is 2.09. The van der Waals surface area contributed by atoms with Crippen LogP contribution in [0, 0.1) is 0 Å². The van der Waals surface area contributed by atoms with Gasteiger partial charge in [-0.3, -0.25) is 9.69 Å². The summed E-state index contributed by atoms with van der Waals surface area (Å²) in [7, 11) is 0. The molecule has 0 radical (unpaired) electrons. The number of carbonyl (C=O) groups is 1. The summed E-state index contributed by atoms with van der Waals surface area (Å²) in [5.41, 5.74) is 0.974. The normalized spacial score (nSPS) is 20.6. The molecule has 0 aliphatic carbocycles. The zero-order chi connectivity index (χ0) is 11.4. The fourth-order valence-electron chi connectivity index (χ4n) is 2.01. The second-order valence-corrected chi connectivity index (χ2v) is 5.11. The number of hydrogen-bond acceptors (Lipinski definition) is 3. The van der Waals surface area contributed by atoms with Gasteiger partial charge in [0.1, 0.15) is 0 Å². The zero-order valence-electron chi connectivity index (χ0n) is 9.61. The van der Waals surface area contributed by atoms with Crippen LogP contribution in [0.15, 0.2) is 23.1 Å². The van der Waals surface area contributed by atoms with Crippen molar-refractivity contribution in [1.29, 1.82) is 0 Å². The predicted octanol–water partition coefficient (Wildman–Crippen LogP) is 2.82. The summed E-state index contributed by atoms with van der Waals surface area (Å²) in [6, 6.07) is 4.08. The van der Waals surface area contributed by atoms with E-state index in [1.54, 1.807) is 11.3 Å².